The van der Waals surface area contributed by atoms with E-state index in [1.807, 2.05) is 0 Å². The van der Waals surface area contributed by atoms with E-state index < -0.39 is 27.5 Å². The smallest absolute Gasteiger partial charge is 0.312 e. The molecule has 21 heavy (non-hydrogen) atoms. The molecule has 116 valence electrons. The van der Waals surface area contributed by atoms with Crippen molar-refractivity contribution in [1.82, 2.24) is 0 Å². The average molecular weight is 316 g/mol. The minimum absolute atomic E-state index is 0.0314. The lowest BCUT2D eigenvalue weighted by atomic mass is 9.92. The summed E-state index contributed by atoms with van der Waals surface area (Å²) in [6.45, 7) is -0.0314. The number of benzene rings is 1. The van der Waals surface area contributed by atoms with Crippen LogP contribution in [-0.2, 0) is 19.4 Å². The second kappa shape index (κ2) is 6.43. The van der Waals surface area contributed by atoms with Gasteiger partial charge in [-0.3, -0.25) is 4.79 Å². The number of carbonyl (C=O) groups excluding carboxylic acids is 1. The summed E-state index contributed by atoms with van der Waals surface area (Å²) < 4.78 is 46.3. The molecule has 1 aliphatic heterocycles. The van der Waals surface area contributed by atoms with Gasteiger partial charge >= 0.3 is 5.97 Å². The summed E-state index contributed by atoms with van der Waals surface area (Å²) in [5.74, 6) is -1.61. The van der Waals surface area contributed by atoms with Gasteiger partial charge in [0.1, 0.15) is 18.2 Å². The molecule has 0 bridgehead atoms. The van der Waals surface area contributed by atoms with E-state index in [-0.39, 0.29) is 24.0 Å². The van der Waals surface area contributed by atoms with Gasteiger partial charge in [-0.2, -0.15) is 0 Å². The number of carbonyl (C=O) groups is 1. The number of ether oxygens (including phenoxy) is 2. The molecule has 7 heteroatoms. The third-order valence-electron chi connectivity index (χ3n) is 3.57. The highest BCUT2D eigenvalue weighted by Gasteiger charge is 2.38. The molecule has 0 aromatic heterocycles. The molecule has 1 fully saturated rings. The van der Waals surface area contributed by atoms with Gasteiger partial charge in [-0.1, -0.05) is 6.07 Å². The van der Waals surface area contributed by atoms with Gasteiger partial charge in [-0.05, 0) is 24.5 Å². The first-order valence-corrected chi connectivity index (χ1v) is 8.40. The van der Waals surface area contributed by atoms with E-state index in [9.17, 15) is 17.6 Å². The van der Waals surface area contributed by atoms with Crippen LogP contribution in [0.4, 0.5) is 4.39 Å². The predicted molar refractivity (Wildman–Crippen MR) is 74.2 cm³/mol. The Labute approximate surface area is 123 Å². The van der Waals surface area contributed by atoms with Crippen molar-refractivity contribution in [3.05, 3.63) is 30.1 Å². The molecule has 0 amide bonds. The van der Waals surface area contributed by atoms with E-state index in [2.05, 4.69) is 0 Å². The van der Waals surface area contributed by atoms with Crippen molar-refractivity contribution in [3.63, 3.8) is 0 Å². The molecule has 2 atom stereocenters. The van der Waals surface area contributed by atoms with Crippen molar-refractivity contribution in [3.8, 4) is 5.75 Å². The maximum Gasteiger partial charge on any atom is 0.312 e. The highest BCUT2D eigenvalue weighted by atomic mass is 32.2. The summed E-state index contributed by atoms with van der Waals surface area (Å²) in [4.78, 5) is 11.8. The zero-order chi connectivity index (χ0) is 15.5. The van der Waals surface area contributed by atoms with Crippen LogP contribution in [0, 0.1) is 17.7 Å². The van der Waals surface area contributed by atoms with E-state index in [0.717, 1.165) is 0 Å². The second-order valence-electron chi connectivity index (χ2n) is 5.06. The zero-order valence-electron chi connectivity index (χ0n) is 11.6. The molecule has 0 N–H and O–H groups in total. The first-order valence-electron chi connectivity index (χ1n) is 6.58. The van der Waals surface area contributed by atoms with Gasteiger partial charge in [0.25, 0.3) is 0 Å². The van der Waals surface area contributed by atoms with Gasteiger partial charge in [0.05, 0.1) is 24.5 Å². The Morgan fingerprint density at radius 2 is 2.24 bits per heavy atom. The van der Waals surface area contributed by atoms with E-state index >= 15 is 0 Å². The molecule has 0 saturated carbocycles. The molecule has 1 aromatic rings. The molecular formula is C14H17FO5S. The van der Waals surface area contributed by atoms with E-state index in [0.29, 0.717) is 12.2 Å². The highest BCUT2D eigenvalue weighted by Crippen LogP contribution is 2.28. The Kier molecular flexibility index (Phi) is 4.82. The maximum absolute atomic E-state index is 13.1. The Balaban J connectivity index is 2.05. The fourth-order valence-corrected chi connectivity index (χ4v) is 4.31. The van der Waals surface area contributed by atoms with E-state index in [4.69, 9.17) is 9.47 Å². The standard InChI is InChI=1S/C14H17FO5S/c1-19-14(16)13(10-5-6-21(17,18)9-10)8-20-12-4-2-3-11(15)7-12/h2-4,7,10,13H,5-6,8-9H2,1H3. The lowest BCUT2D eigenvalue weighted by Gasteiger charge is -2.20. The highest BCUT2D eigenvalue weighted by molar-refractivity contribution is 7.91. The monoisotopic (exact) mass is 316 g/mol. The number of hydrogen-bond donors (Lipinski definition) is 0. The SMILES string of the molecule is COC(=O)C(COc1cccc(F)c1)C1CCS(=O)(=O)C1. The van der Waals surface area contributed by atoms with Crippen LogP contribution >= 0.6 is 0 Å². The van der Waals surface area contributed by atoms with Crippen LogP contribution < -0.4 is 4.74 Å². The van der Waals surface area contributed by atoms with Crippen LogP contribution in [0.2, 0.25) is 0 Å². The molecule has 0 spiro atoms. The van der Waals surface area contributed by atoms with Crippen molar-refractivity contribution in [2.45, 2.75) is 6.42 Å². The molecule has 5 nitrogen and oxygen atoms in total. The molecule has 1 heterocycles. The number of methoxy groups -OCH3 is 1. The lowest BCUT2D eigenvalue weighted by Crippen LogP contribution is -2.31. The van der Waals surface area contributed by atoms with Crippen molar-refractivity contribution >= 4 is 15.8 Å². The van der Waals surface area contributed by atoms with Crippen LogP contribution in [-0.4, -0.2) is 39.6 Å². The van der Waals surface area contributed by atoms with Crippen LogP contribution in [0.5, 0.6) is 5.75 Å². The van der Waals surface area contributed by atoms with Gasteiger partial charge in [-0.15, -0.1) is 0 Å². The maximum atomic E-state index is 13.1. The number of halogens is 1. The van der Waals surface area contributed by atoms with E-state index in [1.54, 1.807) is 6.07 Å². The zero-order valence-corrected chi connectivity index (χ0v) is 12.4. The fraction of sp³-hybridized carbons (Fsp3) is 0.500. The van der Waals surface area contributed by atoms with Crippen LogP contribution in [0.1, 0.15) is 6.42 Å². The quantitative estimate of drug-likeness (QED) is 0.769. The van der Waals surface area contributed by atoms with Gasteiger partial charge < -0.3 is 9.47 Å². The molecule has 2 unspecified atom stereocenters. The molecule has 1 aromatic carbocycles. The van der Waals surface area contributed by atoms with Crippen LogP contribution in [0.25, 0.3) is 0 Å². The first-order chi connectivity index (χ1) is 9.91. The second-order valence-corrected chi connectivity index (χ2v) is 7.29. The van der Waals surface area contributed by atoms with Crippen LogP contribution in [0.3, 0.4) is 0 Å². The summed E-state index contributed by atoms with van der Waals surface area (Å²) in [6, 6.07) is 5.56. The van der Waals surface area contributed by atoms with Crippen molar-refractivity contribution < 1.29 is 27.1 Å². The minimum atomic E-state index is -3.10. The number of hydrogen-bond acceptors (Lipinski definition) is 5. The predicted octanol–water partition coefficient (Wildman–Crippen LogP) is 1.43. The average Bonchev–Trinajstić information content (AvgIpc) is 2.79. The number of rotatable bonds is 5. The third-order valence-corrected chi connectivity index (χ3v) is 5.36. The summed E-state index contributed by atoms with van der Waals surface area (Å²) in [6.07, 6.45) is 0.411. The van der Waals surface area contributed by atoms with Gasteiger partial charge in [0.2, 0.25) is 0 Å². The number of sulfone groups is 1. The van der Waals surface area contributed by atoms with Crippen molar-refractivity contribution in [1.29, 1.82) is 0 Å². The molecular weight excluding hydrogens is 299 g/mol. The van der Waals surface area contributed by atoms with Gasteiger partial charge in [0, 0.05) is 6.07 Å². The molecule has 1 saturated heterocycles. The molecule has 0 aliphatic carbocycles. The molecule has 2 rings (SSSR count). The normalized spacial score (nSPS) is 21.7. The number of esters is 1. The summed E-state index contributed by atoms with van der Waals surface area (Å²) >= 11 is 0. The van der Waals surface area contributed by atoms with Gasteiger partial charge in [-0.25, -0.2) is 12.8 Å². The molecule has 1 aliphatic rings. The Hall–Kier alpha value is -1.63. The Morgan fingerprint density at radius 1 is 1.48 bits per heavy atom. The third kappa shape index (κ3) is 4.17. The summed E-state index contributed by atoms with van der Waals surface area (Å²) in [5.41, 5.74) is 0. The van der Waals surface area contributed by atoms with Crippen molar-refractivity contribution in [2.75, 3.05) is 25.2 Å². The molecule has 0 radical (unpaired) electrons. The largest absolute Gasteiger partial charge is 0.493 e. The first kappa shape index (κ1) is 15.8. The topological polar surface area (TPSA) is 69.7 Å². The summed E-state index contributed by atoms with van der Waals surface area (Å²) in [5, 5.41) is 0. The van der Waals surface area contributed by atoms with Gasteiger partial charge in [0.15, 0.2) is 9.84 Å². The Bertz CT molecular complexity index is 614. The van der Waals surface area contributed by atoms with Crippen molar-refractivity contribution in [2.24, 2.45) is 11.8 Å². The summed E-state index contributed by atoms with van der Waals surface area (Å²) in [7, 11) is -1.84. The fourth-order valence-electron chi connectivity index (χ4n) is 2.43. The Morgan fingerprint density at radius 3 is 2.81 bits per heavy atom. The lowest BCUT2D eigenvalue weighted by molar-refractivity contribution is -0.148. The minimum Gasteiger partial charge on any atom is -0.493 e. The van der Waals surface area contributed by atoms with Crippen LogP contribution in [0.15, 0.2) is 24.3 Å². The van der Waals surface area contributed by atoms with E-state index in [1.165, 1.54) is 25.3 Å².